The number of nitrogens with one attached hydrogen (secondary N) is 2. The maximum Gasteiger partial charge on any atom is 0.273 e. The summed E-state index contributed by atoms with van der Waals surface area (Å²) in [6, 6.07) is 10.4. The maximum atomic E-state index is 12.6. The number of benzene rings is 1. The monoisotopic (exact) mass is 364 g/mol. The summed E-state index contributed by atoms with van der Waals surface area (Å²) in [6.45, 7) is 0.638. The van der Waals surface area contributed by atoms with Gasteiger partial charge >= 0.3 is 0 Å². The molecule has 1 unspecified atom stereocenters. The van der Waals surface area contributed by atoms with E-state index in [2.05, 4.69) is 21.9 Å². The summed E-state index contributed by atoms with van der Waals surface area (Å²) >= 11 is 0. The van der Waals surface area contributed by atoms with Crippen molar-refractivity contribution in [2.45, 2.75) is 63.6 Å². The molecule has 2 aliphatic carbocycles. The van der Waals surface area contributed by atoms with Gasteiger partial charge in [-0.1, -0.05) is 36.2 Å². The third-order valence-corrected chi connectivity index (χ3v) is 5.66. The van der Waals surface area contributed by atoms with Gasteiger partial charge < -0.3 is 15.2 Å². The van der Waals surface area contributed by atoms with E-state index in [0.29, 0.717) is 17.8 Å². The number of aryl methyl sites for hydroxylation is 1. The zero-order valence-corrected chi connectivity index (χ0v) is 15.3. The van der Waals surface area contributed by atoms with Crippen LogP contribution < -0.4 is 10.6 Å². The molecule has 1 heterocycles. The lowest BCUT2D eigenvalue weighted by Crippen LogP contribution is -2.36. The number of hydrogen-bond donors (Lipinski definition) is 2. The minimum Gasteiger partial charge on any atom is -0.360 e. The van der Waals surface area contributed by atoms with Crippen LogP contribution in [0.2, 0.25) is 0 Å². The first kappa shape index (κ1) is 17.7. The molecule has 1 atom stereocenters. The van der Waals surface area contributed by atoms with Gasteiger partial charge in [-0.15, -0.1) is 0 Å². The van der Waals surface area contributed by atoms with Gasteiger partial charge in [0.25, 0.3) is 5.91 Å². The lowest BCUT2D eigenvalue weighted by atomic mass is 9.91. The summed E-state index contributed by atoms with van der Waals surface area (Å²) < 4.78 is 5.44. The van der Waals surface area contributed by atoms with E-state index in [-0.39, 0.29) is 18.0 Å². The second kappa shape index (κ2) is 7.93. The molecule has 1 amide bonds. The van der Waals surface area contributed by atoms with Gasteiger partial charge in [-0.25, -0.2) is 0 Å². The average Bonchev–Trinajstić information content (AvgIpc) is 3.35. The molecule has 2 aliphatic rings. The largest absolute Gasteiger partial charge is 0.360 e. The number of nitrogens with zero attached hydrogens (tertiary/aromatic N) is 2. The first-order valence-corrected chi connectivity index (χ1v) is 9.74. The quantitative estimate of drug-likeness (QED) is 0.851. The van der Waals surface area contributed by atoms with Crippen LogP contribution in [0.1, 0.15) is 65.0 Å². The van der Waals surface area contributed by atoms with Crippen molar-refractivity contribution in [2.24, 2.45) is 0 Å². The van der Waals surface area contributed by atoms with Crippen molar-refractivity contribution in [1.29, 1.82) is 5.26 Å². The standard InChI is InChI=1S/C21H24N4O2/c22-12-14-5-1-2-6-15(14)13-23-17-9-10-19-18(11-17)20(25-27-19)21(26)24-16-7-3-4-8-16/h1-2,5-6,16-17,23H,3-4,7-11,13H2,(H,24,26). The molecule has 0 spiro atoms. The summed E-state index contributed by atoms with van der Waals surface area (Å²) in [4.78, 5) is 12.6. The number of hydrogen-bond acceptors (Lipinski definition) is 5. The molecule has 1 aromatic heterocycles. The number of amides is 1. The van der Waals surface area contributed by atoms with Crippen LogP contribution in [0.5, 0.6) is 0 Å². The molecule has 0 saturated heterocycles. The summed E-state index contributed by atoms with van der Waals surface area (Å²) in [5.41, 5.74) is 3.07. The highest BCUT2D eigenvalue weighted by Crippen LogP contribution is 2.26. The molecule has 6 heteroatoms. The Bertz CT molecular complexity index is 861. The third-order valence-electron chi connectivity index (χ3n) is 5.66. The Morgan fingerprint density at radius 3 is 2.85 bits per heavy atom. The fourth-order valence-electron chi connectivity index (χ4n) is 4.12. The predicted octanol–water partition coefficient (Wildman–Crippen LogP) is 2.87. The predicted molar refractivity (Wildman–Crippen MR) is 100 cm³/mol. The molecule has 0 radical (unpaired) electrons. The summed E-state index contributed by atoms with van der Waals surface area (Å²) in [7, 11) is 0. The smallest absolute Gasteiger partial charge is 0.273 e. The Hall–Kier alpha value is -2.65. The highest BCUT2D eigenvalue weighted by Gasteiger charge is 2.29. The minimum absolute atomic E-state index is 0.109. The molecule has 0 aliphatic heterocycles. The van der Waals surface area contributed by atoms with Crippen LogP contribution in [0.4, 0.5) is 0 Å². The molecule has 140 valence electrons. The van der Waals surface area contributed by atoms with Gasteiger partial charge in [-0.2, -0.15) is 5.26 Å². The first-order valence-electron chi connectivity index (χ1n) is 9.74. The van der Waals surface area contributed by atoms with Gasteiger partial charge in [0.2, 0.25) is 0 Å². The molecule has 4 rings (SSSR count). The highest BCUT2D eigenvalue weighted by atomic mass is 16.5. The van der Waals surface area contributed by atoms with Gasteiger partial charge in [-0.3, -0.25) is 4.79 Å². The topological polar surface area (TPSA) is 91.0 Å². The Morgan fingerprint density at radius 2 is 2.04 bits per heavy atom. The molecule has 27 heavy (non-hydrogen) atoms. The zero-order valence-electron chi connectivity index (χ0n) is 15.3. The molecular formula is C21H24N4O2. The van der Waals surface area contributed by atoms with Crippen LogP contribution in [-0.4, -0.2) is 23.1 Å². The number of fused-ring (bicyclic) bond motifs is 1. The second-order valence-corrected chi connectivity index (χ2v) is 7.48. The third kappa shape index (κ3) is 3.88. The van der Waals surface area contributed by atoms with Crippen molar-refractivity contribution >= 4 is 5.91 Å². The number of carbonyl (C=O) groups is 1. The van der Waals surface area contributed by atoms with Crippen molar-refractivity contribution in [3.8, 4) is 6.07 Å². The van der Waals surface area contributed by atoms with Crippen molar-refractivity contribution in [3.63, 3.8) is 0 Å². The van der Waals surface area contributed by atoms with Crippen LogP contribution in [0.15, 0.2) is 28.8 Å². The van der Waals surface area contributed by atoms with Gasteiger partial charge in [0.15, 0.2) is 5.69 Å². The van der Waals surface area contributed by atoms with E-state index in [9.17, 15) is 10.1 Å². The normalized spacial score (nSPS) is 19.4. The van der Waals surface area contributed by atoms with E-state index in [4.69, 9.17) is 4.52 Å². The van der Waals surface area contributed by atoms with Crippen LogP contribution >= 0.6 is 0 Å². The molecule has 1 aromatic carbocycles. The summed E-state index contributed by atoms with van der Waals surface area (Å²) in [5, 5.41) is 19.9. The molecule has 0 bridgehead atoms. The second-order valence-electron chi connectivity index (χ2n) is 7.48. The Morgan fingerprint density at radius 1 is 1.22 bits per heavy atom. The van der Waals surface area contributed by atoms with Crippen LogP contribution in [0.3, 0.4) is 0 Å². The van der Waals surface area contributed by atoms with Gasteiger partial charge in [0.05, 0.1) is 11.6 Å². The van der Waals surface area contributed by atoms with E-state index >= 15 is 0 Å². The Balaban J connectivity index is 1.41. The van der Waals surface area contributed by atoms with E-state index in [0.717, 1.165) is 49.0 Å². The molecule has 1 fully saturated rings. The van der Waals surface area contributed by atoms with E-state index in [1.807, 2.05) is 24.3 Å². The van der Waals surface area contributed by atoms with E-state index in [1.54, 1.807) is 0 Å². The molecule has 2 N–H and O–H groups in total. The number of rotatable bonds is 5. The van der Waals surface area contributed by atoms with Gasteiger partial charge in [0.1, 0.15) is 5.76 Å². The molecule has 2 aromatic rings. The highest BCUT2D eigenvalue weighted by molar-refractivity contribution is 5.94. The average molecular weight is 364 g/mol. The number of nitriles is 1. The van der Waals surface area contributed by atoms with E-state index in [1.165, 1.54) is 12.8 Å². The van der Waals surface area contributed by atoms with Crippen LogP contribution in [0, 0.1) is 11.3 Å². The molecule has 6 nitrogen and oxygen atoms in total. The zero-order chi connectivity index (χ0) is 18.6. The maximum absolute atomic E-state index is 12.6. The summed E-state index contributed by atoms with van der Waals surface area (Å²) in [5.74, 6) is 0.726. The van der Waals surface area contributed by atoms with Crippen molar-refractivity contribution in [3.05, 3.63) is 52.4 Å². The first-order chi connectivity index (χ1) is 13.2. The fourth-order valence-corrected chi connectivity index (χ4v) is 4.12. The SMILES string of the molecule is N#Cc1ccccc1CNC1CCc2onc(C(=O)NC3CCCC3)c2C1. The molecule has 1 saturated carbocycles. The lowest BCUT2D eigenvalue weighted by Gasteiger charge is -2.23. The number of carbonyl (C=O) groups excluding carboxylic acids is 1. The molecular weight excluding hydrogens is 340 g/mol. The van der Waals surface area contributed by atoms with Crippen LogP contribution in [0.25, 0.3) is 0 Å². The van der Waals surface area contributed by atoms with E-state index < -0.39 is 0 Å². The Kier molecular flexibility index (Phi) is 5.21. The lowest BCUT2D eigenvalue weighted by molar-refractivity contribution is 0.0928. The van der Waals surface area contributed by atoms with Crippen molar-refractivity contribution in [2.75, 3.05) is 0 Å². The van der Waals surface area contributed by atoms with Crippen molar-refractivity contribution in [1.82, 2.24) is 15.8 Å². The number of aromatic nitrogens is 1. The van der Waals surface area contributed by atoms with Crippen LogP contribution in [-0.2, 0) is 19.4 Å². The fraction of sp³-hybridized carbons (Fsp3) is 0.476. The van der Waals surface area contributed by atoms with Gasteiger partial charge in [-0.05, 0) is 37.3 Å². The Labute approximate surface area is 158 Å². The van der Waals surface area contributed by atoms with Crippen molar-refractivity contribution < 1.29 is 9.32 Å². The minimum atomic E-state index is -0.109. The summed E-state index contributed by atoms with van der Waals surface area (Å²) in [6.07, 6.45) is 6.89. The van der Waals surface area contributed by atoms with Gasteiger partial charge in [0, 0.05) is 30.6 Å².